The van der Waals surface area contributed by atoms with E-state index in [0.29, 0.717) is 11.0 Å². The number of aromatic nitrogens is 2. The van der Waals surface area contributed by atoms with Crippen molar-refractivity contribution in [2.45, 2.75) is 32.2 Å². The highest BCUT2D eigenvalue weighted by molar-refractivity contribution is 6.30. The Labute approximate surface area is 175 Å². The molecule has 0 spiro atoms. The molecule has 3 heterocycles. The number of piperidine rings is 1. The van der Waals surface area contributed by atoms with Crippen LogP contribution in [0.1, 0.15) is 37.8 Å². The van der Waals surface area contributed by atoms with E-state index in [1.54, 1.807) is 0 Å². The van der Waals surface area contributed by atoms with Gasteiger partial charge in [-0.2, -0.15) is 0 Å². The van der Waals surface area contributed by atoms with E-state index in [1.807, 2.05) is 60.4 Å². The summed E-state index contributed by atoms with van der Waals surface area (Å²) in [6.45, 7) is 3.61. The highest BCUT2D eigenvalue weighted by atomic mass is 35.5. The van der Waals surface area contributed by atoms with Crippen molar-refractivity contribution in [2.75, 3.05) is 13.1 Å². The first-order valence-corrected chi connectivity index (χ1v) is 10.6. The Morgan fingerprint density at radius 1 is 1.03 bits per heavy atom. The molecule has 5 rings (SSSR count). The van der Waals surface area contributed by atoms with Gasteiger partial charge in [0.1, 0.15) is 5.92 Å². The second-order valence-electron chi connectivity index (χ2n) is 7.88. The maximum Gasteiger partial charge on any atom is 0.233 e. The highest BCUT2D eigenvalue weighted by Gasteiger charge is 2.40. The summed E-state index contributed by atoms with van der Waals surface area (Å²) in [5.74, 6) is 0.472. The molecule has 0 N–H and O–H groups in total. The van der Waals surface area contributed by atoms with Gasteiger partial charge in [0, 0.05) is 23.8 Å². The largest absolute Gasteiger partial charge is 0.342 e. The zero-order valence-electron chi connectivity index (χ0n) is 16.4. The summed E-state index contributed by atoms with van der Waals surface area (Å²) in [5, 5.41) is 0.685. The van der Waals surface area contributed by atoms with Crippen molar-refractivity contribution in [1.29, 1.82) is 0 Å². The van der Waals surface area contributed by atoms with Gasteiger partial charge in [0.25, 0.3) is 0 Å². The lowest BCUT2D eigenvalue weighted by atomic mass is 9.86. The third-order valence-electron chi connectivity index (χ3n) is 6.04. The lowest BCUT2D eigenvalue weighted by Crippen LogP contribution is -2.46. The van der Waals surface area contributed by atoms with Gasteiger partial charge in [0.15, 0.2) is 0 Å². The van der Waals surface area contributed by atoms with Crippen LogP contribution in [-0.2, 0) is 4.79 Å². The number of hydrogen-bond acceptors (Lipinski definition) is 3. The number of nitrogens with zero attached hydrogens (tertiary/aromatic N) is 4. The highest BCUT2D eigenvalue weighted by Crippen LogP contribution is 2.40. The smallest absolute Gasteiger partial charge is 0.233 e. The summed E-state index contributed by atoms with van der Waals surface area (Å²) in [6.07, 6.45) is 3.33. The summed E-state index contributed by atoms with van der Waals surface area (Å²) < 4.78 is 2.12. The van der Waals surface area contributed by atoms with Gasteiger partial charge in [-0.3, -0.25) is 9.36 Å². The molecule has 2 aliphatic heterocycles. The molecular weight excluding hydrogens is 384 g/mol. The molecule has 29 heavy (non-hydrogen) atoms. The van der Waals surface area contributed by atoms with E-state index in [-0.39, 0.29) is 17.9 Å². The molecule has 2 aromatic carbocycles. The van der Waals surface area contributed by atoms with Gasteiger partial charge in [-0.25, -0.2) is 9.98 Å². The second-order valence-corrected chi connectivity index (χ2v) is 8.32. The summed E-state index contributed by atoms with van der Waals surface area (Å²) in [4.78, 5) is 25.2. The van der Waals surface area contributed by atoms with Crippen molar-refractivity contribution in [3.8, 4) is 0 Å². The van der Waals surface area contributed by atoms with Crippen molar-refractivity contribution in [2.24, 2.45) is 10.9 Å². The molecule has 2 atom stereocenters. The van der Waals surface area contributed by atoms with Crippen LogP contribution < -0.4 is 0 Å². The number of carbonyl (C=O) groups is 1. The molecule has 1 fully saturated rings. The predicted molar refractivity (Wildman–Crippen MR) is 116 cm³/mol. The minimum Gasteiger partial charge on any atom is -0.342 e. The normalized spacial score (nSPS) is 21.7. The minimum atomic E-state index is -0.348. The third kappa shape index (κ3) is 3.14. The van der Waals surface area contributed by atoms with Gasteiger partial charge in [-0.1, -0.05) is 35.9 Å². The minimum absolute atomic E-state index is 0.161. The number of para-hydroxylation sites is 2. The average molecular weight is 407 g/mol. The van der Waals surface area contributed by atoms with Crippen molar-refractivity contribution in [3.63, 3.8) is 0 Å². The Hall–Kier alpha value is -2.66. The van der Waals surface area contributed by atoms with Gasteiger partial charge in [0.2, 0.25) is 11.9 Å². The van der Waals surface area contributed by atoms with E-state index in [9.17, 15) is 4.79 Å². The Bertz CT molecular complexity index is 1100. The number of fused-ring (bicyclic) bond motifs is 3. The molecule has 148 valence electrons. The number of hydrogen-bond donors (Lipinski definition) is 0. The summed E-state index contributed by atoms with van der Waals surface area (Å²) in [5.41, 5.74) is 3.76. The third-order valence-corrected chi connectivity index (χ3v) is 6.29. The van der Waals surface area contributed by atoms with E-state index in [2.05, 4.69) is 4.57 Å². The van der Waals surface area contributed by atoms with Crippen molar-refractivity contribution >= 4 is 40.2 Å². The number of likely N-dealkylation sites (tertiary alicyclic amines) is 1. The molecule has 6 heteroatoms. The molecule has 1 aromatic heterocycles. The molecule has 2 unspecified atom stereocenters. The quantitative estimate of drug-likeness (QED) is 0.600. The molecule has 3 aromatic rings. The standard InChI is InChI=1S/C23H23ClN4O/c1-15-20(22(29)27-13-5-2-6-14-27)21(16-9-11-17(24)12-10-16)28-19-8-4-3-7-18(19)26-23(28)25-15/h3-4,7-12,20-21H,2,5-6,13-14H2,1H3. The molecule has 0 aliphatic carbocycles. The molecule has 0 saturated carbocycles. The first kappa shape index (κ1) is 18.4. The molecule has 2 aliphatic rings. The Morgan fingerprint density at radius 2 is 1.76 bits per heavy atom. The summed E-state index contributed by atoms with van der Waals surface area (Å²) >= 11 is 6.16. The number of halogens is 1. The van der Waals surface area contributed by atoms with Gasteiger partial charge in [0.05, 0.1) is 17.1 Å². The van der Waals surface area contributed by atoms with Crippen LogP contribution in [0.2, 0.25) is 5.02 Å². The van der Waals surface area contributed by atoms with E-state index in [4.69, 9.17) is 21.6 Å². The fraction of sp³-hybridized carbons (Fsp3) is 0.348. The maximum atomic E-state index is 13.7. The van der Waals surface area contributed by atoms with Crippen LogP contribution in [0.5, 0.6) is 0 Å². The Kier molecular flexibility index (Phi) is 4.63. The summed E-state index contributed by atoms with van der Waals surface area (Å²) in [7, 11) is 0. The van der Waals surface area contributed by atoms with Crippen molar-refractivity contribution in [1.82, 2.24) is 14.5 Å². The van der Waals surface area contributed by atoms with E-state index >= 15 is 0 Å². The van der Waals surface area contributed by atoms with Gasteiger partial charge < -0.3 is 4.90 Å². The van der Waals surface area contributed by atoms with Crippen LogP contribution in [0.3, 0.4) is 0 Å². The number of imidazole rings is 1. The number of carbonyl (C=O) groups excluding carboxylic acids is 1. The predicted octanol–water partition coefficient (Wildman–Crippen LogP) is 5.01. The van der Waals surface area contributed by atoms with Crippen LogP contribution >= 0.6 is 11.6 Å². The van der Waals surface area contributed by atoms with E-state index in [1.165, 1.54) is 6.42 Å². The lowest BCUT2D eigenvalue weighted by Gasteiger charge is -2.37. The zero-order valence-corrected chi connectivity index (χ0v) is 17.1. The molecule has 0 radical (unpaired) electrons. The first-order chi connectivity index (χ1) is 14.1. The van der Waals surface area contributed by atoms with Crippen molar-refractivity contribution in [3.05, 3.63) is 59.1 Å². The van der Waals surface area contributed by atoms with E-state index < -0.39 is 0 Å². The fourth-order valence-electron chi connectivity index (χ4n) is 4.62. The molecule has 0 bridgehead atoms. The summed E-state index contributed by atoms with van der Waals surface area (Å²) in [6, 6.07) is 15.6. The Balaban J connectivity index is 1.69. The average Bonchev–Trinajstić information content (AvgIpc) is 3.11. The van der Waals surface area contributed by atoms with Crippen molar-refractivity contribution < 1.29 is 4.79 Å². The molecule has 1 amide bonds. The molecule has 5 nitrogen and oxygen atoms in total. The van der Waals surface area contributed by atoms with Crippen LogP contribution in [0.4, 0.5) is 5.95 Å². The van der Waals surface area contributed by atoms with Crippen LogP contribution in [0.15, 0.2) is 53.5 Å². The zero-order chi connectivity index (χ0) is 20.0. The van der Waals surface area contributed by atoms with Gasteiger partial charge in [-0.05, 0) is 56.0 Å². The van der Waals surface area contributed by atoms with Gasteiger partial charge >= 0.3 is 0 Å². The van der Waals surface area contributed by atoms with Crippen LogP contribution in [-0.4, -0.2) is 39.2 Å². The fourth-order valence-corrected chi connectivity index (χ4v) is 4.74. The molecular formula is C23H23ClN4O. The number of aliphatic imine (C=N–C) groups is 1. The SMILES string of the molecule is CC1=Nc2nc3ccccc3n2C(c2ccc(Cl)cc2)C1C(=O)N1CCCCC1. The topological polar surface area (TPSA) is 50.5 Å². The second kappa shape index (κ2) is 7.30. The Morgan fingerprint density at radius 3 is 2.52 bits per heavy atom. The number of amides is 1. The van der Waals surface area contributed by atoms with E-state index in [0.717, 1.165) is 48.2 Å². The first-order valence-electron chi connectivity index (χ1n) is 10.2. The molecule has 1 saturated heterocycles. The number of benzene rings is 2. The van der Waals surface area contributed by atoms with Gasteiger partial charge in [-0.15, -0.1) is 0 Å². The monoisotopic (exact) mass is 406 g/mol. The lowest BCUT2D eigenvalue weighted by molar-refractivity contribution is -0.135. The van der Waals surface area contributed by atoms with Crippen LogP contribution in [0, 0.1) is 5.92 Å². The number of rotatable bonds is 2. The maximum absolute atomic E-state index is 13.7. The van der Waals surface area contributed by atoms with Crippen LogP contribution in [0.25, 0.3) is 11.0 Å².